The highest BCUT2D eigenvalue weighted by Crippen LogP contribution is 2.51. The van der Waals surface area contributed by atoms with Crippen molar-refractivity contribution in [1.82, 2.24) is 4.98 Å². The molecule has 4 rings (SSSR count). The first-order valence-corrected chi connectivity index (χ1v) is 9.94. The lowest BCUT2D eigenvalue weighted by Gasteiger charge is -2.32. The molecule has 8 heteroatoms. The fourth-order valence-electron chi connectivity index (χ4n) is 3.89. The number of rotatable bonds is 4. The van der Waals surface area contributed by atoms with E-state index in [4.69, 9.17) is 16.3 Å². The monoisotopic (exact) mass is 424 g/mol. The molecule has 1 aromatic heterocycles. The van der Waals surface area contributed by atoms with Crippen LogP contribution < -0.4 is 4.90 Å². The van der Waals surface area contributed by atoms with Crippen LogP contribution in [0.5, 0.6) is 0 Å². The van der Waals surface area contributed by atoms with Crippen molar-refractivity contribution >= 4 is 23.4 Å². The summed E-state index contributed by atoms with van der Waals surface area (Å²) in [6, 6.07) is 9.09. The molecule has 1 aliphatic heterocycles. The van der Waals surface area contributed by atoms with Gasteiger partial charge in [0.05, 0.1) is 16.5 Å². The summed E-state index contributed by atoms with van der Waals surface area (Å²) in [5, 5.41) is 0.573. The van der Waals surface area contributed by atoms with Crippen molar-refractivity contribution in [2.24, 2.45) is 5.92 Å². The van der Waals surface area contributed by atoms with Gasteiger partial charge in [0.1, 0.15) is 11.9 Å². The molecule has 2 unspecified atom stereocenters. The Balaban J connectivity index is 1.31. The molecule has 2 atom stereocenters. The molecule has 2 aromatic rings. The Bertz CT molecular complexity index is 880. The van der Waals surface area contributed by atoms with Crippen molar-refractivity contribution in [3.63, 3.8) is 0 Å². The van der Waals surface area contributed by atoms with Crippen LogP contribution in [0.3, 0.4) is 0 Å². The minimum absolute atomic E-state index is 0.186. The van der Waals surface area contributed by atoms with Crippen molar-refractivity contribution in [2.45, 2.75) is 37.5 Å². The Labute approximate surface area is 171 Å². The zero-order valence-corrected chi connectivity index (χ0v) is 16.3. The minimum Gasteiger partial charge on any atom is -0.462 e. The van der Waals surface area contributed by atoms with Gasteiger partial charge in [-0.2, -0.15) is 13.2 Å². The molecule has 0 spiro atoms. The van der Waals surface area contributed by atoms with Gasteiger partial charge >= 0.3 is 12.1 Å². The average molecular weight is 425 g/mol. The summed E-state index contributed by atoms with van der Waals surface area (Å²) in [6.45, 7) is 1.38. The van der Waals surface area contributed by atoms with E-state index in [9.17, 15) is 18.0 Å². The van der Waals surface area contributed by atoms with Gasteiger partial charge in [-0.1, -0.05) is 29.8 Å². The van der Waals surface area contributed by atoms with E-state index in [2.05, 4.69) is 9.88 Å². The fourth-order valence-corrected chi connectivity index (χ4v) is 4.00. The van der Waals surface area contributed by atoms with E-state index in [0.29, 0.717) is 37.4 Å². The van der Waals surface area contributed by atoms with Crippen LogP contribution in [0.15, 0.2) is 42.6 Å². The minimum atomic E-state index is -4.42. The number of anilines is 1. The van der Waals surface area contributed by atoms with Gasteiger partial charge in [-0.3, -0.25) is 4.79 Å². The van der Waals surface area contributed by atoms with Crippen LogP contribution in [-0.4, -0.2) is 30.1 Å². The molecule has 0 bridgehead atoms. The highest BCUT2D eigenvalue weighted by atomic mass is 35.5. The molecule has 1 aliphatic carbocycles. The maximum absolute atomic E-state index is 13.2. The number of hydrogen-bond donors (Lipinski definition) is 0. The normalized spacial score (nSPS) is 22.4. The number of alkyl halides is 3. The first-order valence-electron chi connectivity index (χ1n) is 9.56. The van der Waals surface area contributed by atoms with E-state index in [0.717, 1.165) is 11.9 Å². The quantitative estimate of drug-likeness (QED) is 0.643. The first-order chi connectivity index (χ1) is 13.8. The van der Waals surface area contributed by atoms with E-state index in [1.807, 2.05) is 6.07 Å². The highest BCUT2D eigenvalue weighted by Gasteiger charge is 2.49. The zero-order chi connectivity index (χ0) is 20.6. The summed E-state index contributed by atoms with van der Waals surface area (Å²) in [7, 11) is 0. The number of carbonyl (C=O) groups excluding carboxylic acids is 1. The van der Waals surface area contributed by atoms with Crippen molar-refractivity contribution in [2.75, 3.05) is 18.0 Å². The van der Waals surface area contributed by atoms with Gasteiger partial charge in [-0.15, -0.1) is 0 Å². The van der Waals surface area contributed by atoms with E-state index >= 15 is 0 Å². The number of benzene rings is 1. The molecule has 2 heterocycles. The Morgan fingerprint density at radius 3 is 2.52 bits per heavy atom. The van der Waals surface area contributed by atoms with Crippen LogP contribution in [-0.2, 0) is 15.7 Å². The molecule has 1 aromatic carbocycles. The Kier molecular flexibility index (Phi) is 5.42. The molecule has 2 aliphatic rings. The Hall–Kier alpha value is -2.28. The van der Waals surface area contributed by atoms with Crippen molar-refractivity contribution in [1.29, 1.82) is 0 Å². The van der Waals surface area contributed by atoms with Gasteiger partial charge in [0.25, 0.3) is 0 Å². The number of pyridine rings is 1. The lowest BCUT2D eigenvalue weighted by molar-refractivity contribution is -0.152. The topological polar surface area (TPSA) is 42.4 Å². The number of ether oxygens (including phenoxy) is 1. The number of hydrogen-bond acceptors (Lipinski definition) is 4. The molecule has 2 fully saturated rings. The maximum Gasteiger partial charge on any atom is 0.416 e. The predicted octanol–water partition coefficient (Wildman–Crippen LogP) is 5.07. The van der Waals surface area contributed by atoms with Gasteiger partial charge in [0, 0.05) is 32.1 Å². The van der Waals surface area contributed by atoms with Gasteiger partial charge in [-0.05, 0) is 36.1 Å². The van der Waals surface area contributed by atoms with Crippen LogP contribution in [0.1, 0.15) is 36.3 Å². The van der Waals surface area contributed by atoms with Crippen LogP contribution in [0.4, 0.5) is 19.0 Å². The first kappa shape index (κ1) is 20.0. The lowest BCUT2D eigenvalue weighted by atomic mass is 10.0. The number of esters is 1. The van der Waals surface area contributed by atoms with Crippen LogP contribution in [0.2, 0.25) is 5.02 Å². The number of halogens is 4. The molecule has 29 heavy (non-hydrogen) atoms. The summed E-state index contributed by atoms with van der Waals surface area (Å²) in [5.41, 5.74) is -0.477. The van der Waals surface area contributed by atoms with E-state index in [1.54, 1.807) is 18.3 Å². The third kappa shape index (κ3) is 4.50. The van der Waals surface area contributed by atoms with Gasteiger partial charge < -0.3 is 9.64 Å². The third-order valence-corrected chi connectivity index (χ3v) is 5.74. The average Bonchev–Trinajstić information content (AvgIpc) is 3.50. The molecule has 0 radical (unpaired) electrons. The lowest BCUT2D eigenvalue weighted by Crippen LogP contribution is -2.38. The second kappa shape index (κ2) is 7.86. The maximum atomic E-state index is 13.2. The molecule has 1 saturated heterocycles. The molecule has 154 valence electrons. The summed E-state index contributed by atoms with van der Waals surface area (Å²) in [6.07, 6.45) is -1.32. The largest absolute Gasteiger partial charge is 0.462 e. The molecule has 0 amide bonds. The number of nitrogens with zero attached hydrogens (tertiary/aromatic N) is 2. The van der Waals surface area contributed by atoms with Crippen LogP contribution in [0, 0.1) is 5.92 Å². The van der Waals surface area contributed by atoms with Crippen molar-refractivity contribution < 1.29 is 22.7 Å². The third-order valence-electron chi connectivity index (χ3n) is 5.52. The molecule has 1 saturated carbocycles. The molecule has 4 nitrogen and oxygen atoms in total. The van der Waals surface area contributed by atoms with E-state index in [-0.39, 0.29) is 11.7 Å². The number of carbonyl (C=O) groups is 1. The zero-order valence-electron chi connectivity index (χ0n) is 15.5. The number of piperidine rings is 1. The fraction of sp³-hybridized carbons (Fsp3) is 0.429. The molecular formula is C21H20ClF3N2O2. The van der Waals surface area contributed by atoms with E-state index < -0.39 is 29.5 Å². The Morgan fingerprint density at radius 2 is 1.86 bits per heavy atom. The van der Waals surface area contributed by atoms with Crippen molar-refractivity contribution in [3.8, 4) is 0 Å². The second-order valence-electron chi connectivity index (χ2n) is 7.49. The number of aromatic nitrogens is 1. The summed E-state index contributed by atoms with van der Waals surface area (Å²) >= 11 is 5.86. The summed E-state index contributed by atoms with van der Waals surface area (Å²) in [4.78, 5) is 18.9. The van der Waals surface area contributed by atoms with Gasteiger partial charge in [0.15, 0.2) is 0 Å². The summed E-state index contributed by atoms with van der Waals surface area (Å²) in [5.74, 6) is -0.478. The highest BCUT2D eigenvalue weighted by molar-refractivity contribution is 6.30. The van der Waals surface area contributed by atoms with E-state index in [1.165, 1.54) is 12.1 Å². The molecular weight excluding hydrogens is 405 g/mol. The van der Waals surface area contributed by atoms with Crippen LogP contribution in [0.25, 0.3) is 0 Å². The standard InChI is InChI=1S/C21H20ClF3N2O2/c22-13-5-6-19(26-12-13)27-9-7-14(8-10-27)29-20(28)17-11-16(17)15-3-1-2-4-18(15)21(23,24)25/h1-6,12,14,16-17H,7-11H2. The summed E-state index contributed by atoms with van der Waals surface area (Å²) < 4.78 is 45.2. The smallest absolute Gasteiger partial charge is 0.416 e. The SMILES string of the molecule is O=C(OC1CCN(c2ccc(Cl)cn2)CC1)C1CC1c1ccccc1C(F)(F)F. The van der Waals surface area contributed by atoms with Gasteiger partial charge in [0.2, 0.25) is 0 Å². The van der Waals surface area contributed by atoms with Crippen molar-refractivity contribution in [3.05, 3.63) is 58.7 Å². The van der Waals surface area contributed by atoms with Gasteiger partial charge in [-0.25, -0.2) is 4.98 Å². The second-order valence-corrected chi connectivity index (χ2v) is 7.93. The van der Waals surface area contributed by atoms with Crippen LogP contribution >= 0.6 is 11.6 Å². The Morgan fingerprint density at radius 1 is 1.14 bits per heavy atom. The molecule has 0 N–H and O–H groups in total. The predicted molar refractivity (Wildman–Crippen MR) is 103 cm³/mol.